The fraction of sp³-hybridized carbons (Fsp3) is 0.364. The number of Topliss-reactive ketones (excluding diaryl/α,β-unsaturated/α-hetero) is 1. The summed E-state index contributed by atoms with van der Waals surface area (Å²) in [6, 6.07) is 13.7. The van der Waals surface area contributed by atoms with Crippen LogP contribution in [0.5, 0.6) is 0 Å². The highest BCUT2D eigenvalue weighted by Crippen LogP contribution is 2.42. The fourth-order valence-corrected chi connectivity index (χ4v) is 4.45. The van der Waals surface area contributed by atoms with Crippen LogP contribution in [0.2, 0.25) is 5.02 Å². The number of hydrogen-bond donors (Lipinski definition) is 1. The molecule has 1 N–H and O–H groups in total. The monoisotopic (exact) mass is 400 g/mol. The molecule has 1 fully saturated rings. The zero-order valence-corrected chi connectivity index (χ0v) is 17.6. The van der Waals surface area contributed by atoms with Gasteiger partial charge in [-0.2, -0.15) is 0 Å². The summed E-state index contributed by atoms with van der Waals surface area (Å²) in [7, 11) is 1.90. The maximum Gasteiger partial charge on any atom is 0.174 e. The molecule has 0 spiro atoms. The number of thiocarbonyl (C=S) groups is 1. The molecule has 0 aliphatic heterocycles. The Morgan fingerprint density at radius 3 is 2.59 bits per heavy atom. The number of ketones is 1. The van der Waals surface area contributed by atoms with Gasteiger partial charge in [0.2, 0.25) is 0 Å². The molecular weight excluding hydrogens is 376 g/mol. The van der Waals surface area contributed by atoms with Crippen molar-refractivity contribution in [3.63, 3.8) is 0 Å². The molecule has 2 aromatic carbocycles. The molecule has 2 aromatic rings. The minimum atomic E-state index is -0.821. The van der Waals surface area contributed by atoms with E-state index in [-0.39, 0.29) is 5.78 Å². The Morgan fingerprint density at radius 1 is 1.15 bits per heavy atom. The highest BCUT2D eigenvalue weighted by atomic mass is 35.5. The highest BCUT2D eigenvalue weighted by molar-refractivity contribution is 7.80. The summed E-state index contributed by atoms with van der Waals surface area (Å²) in [6.07, 6.45) is 3.13. The lowest BCUT2D eigenvalue weighted by atomic mass is 9.74. The average molecular weight is 401 g/mol. The second-order valence-corrected chi connectivity index (χ2v) is 8.00. The van der Waals surface area contributed by atoms with E-state index in [1.807, 2.05) is 48.3 Å². The first kappa shape index (κ1) is 19.8. The zero-order chi connectivity index (χ0) is 19.6. The minimum Gasteiger partial charge on any atom is -0.335 e. The standard InChI is InChI=1S/C22H25ClN2OS/c1-15-9-8-12-19(16(15)2)24-21(27)25(3)22(14-7-6-13-20(22)26)17-10-4-5-11-18(17)23/h4-5,8-12H,6-7,13-14H2,1-3H3,(H,24,27)/t22-/m1/s1. The molecule has 1 aliphatic rings. The van der Waals surface area contributed by atoms with Crippen LogP contribution in [0, 0.1) is 13.8 Å². The predicted octanol–water partition coefficient (Wildman–Crippen LogP) is 5.62. The maximum absolute atomic E-state index is 13.2. The zero-order valence-electron chi connectivity index (χ0n) is 16.0. The van der Waals surface area contributed by atoms with E-state index in [4.69, 9.17) is 23.8 Å². The Hall–Kier alpha value is -1.91. The number of nitrogens with one attached hydrogen (secondary N) is 1. The number of carbonyl (C=O) groups excluding carboxylic acids is 1. The van der Waals surface area contributed by atoms with Crippen LogP contribution in [0.3, 0.4) is 0 Å². The van der Waals surface area contributed by atoms with Crippen LogP contribution < -0.4 is 5.32 Å². The average Bonchev–Trinajstić information content (AvgIpc) is 2.66. The summed E-state index contributed by atoms with van der Waals surface area (Å²) in [5.41, 5.74) is 3.32. The van der Waals surface area contributed by atoms with Gasteiger partial charge in [-0.05, 0) is 68.6 Å². The Bertz CT molecular complexity index is 882. The predicted molar refractivity (Wildman–Crippen MR) is 117 cm³/mol. The van der Waals surface area contributed by atoms with Crippen molar-refractivity contribution in [1.29, 1.82) is 0 Å². The lowest BCUT2D eigenvalue weighted by molar-refractivity contribution is -0.131. The summed E-state index contributed by atoms with van der Waals surface area (Å²) < 4.78 is 0. The first-order chi connectivity index (χ1) is 12.9. The molecule has 3 rings (SSSR count). The molecule has 3 nitrogen and oxygen atoms in total. The van der Waals surface area contributed by atoms with Gasteiger partial charge >= 0.3 is 0 Å². The molecule has 1 saturated carbocycles. The quantitative estimate of drug-likeness (QED) is 0.677. The summed E-state index contributed by atoms with van der Waals surface area (Å²) >= 11 is 12.3. The van der Waals surface area contributed by atoms with Gasteiger partial charge in [-0.1, -0.05) is 41.9 Å². The summed E-state index contributed by atoms with van der Waals surface area (Å²) in [5.74, 6) is 0.175. The van der Waals surface area contributed by atoms with E-state index in [0.717, 1.165) is 29.7 Å². The molecule has 0 amide bonds. The van der Waals surface area contributed by atoms with Crippen LogP contribution in [0.1, 0.15) is 42.4 Å². The number of likely N-dealkylation sites (N-methyl/N-ethyl adjacent to an activating group) is 1. The molecule has 0 bridgehead atoms. The summed E-state index contributed by atoms with van der Waals surface area (Å²) in [6.45, 7) is 4.14. The second-order valence-electron chi connectivity index (χ2n) is 7.21. The van der Waals surface area contributed by atoms with Crippen molar-refractivity contribution < 1.29 is 4.79 Å². The Morgan fingerprint density at radius 2 is 1.89 bits per heavy atom. The molecule has 1 aliphatic carbocycles. The van der Waals surface area contributed by atoms with Crippen LogP contribution in [-0.4, -0.2) is 22.8 Å². The van der Waals surface area contributed by atoms with Crippen molar-refractivity contribution in [3.8, 4) is 0 Å². The molecule has 0 radical (unpaired) electrons. The molecule has 27 heavy (non-hydrogen) atoms. The molecule has 0 heterocycles. The van der Waals surface area contributed by atoms with Gasteiger partial charge in [0.15, 0.2) is 10.9 Å². The van der Waals surface area contributed by atoms with E-state index >= 15 is 0 Å². The van der Waals surface area contributed by atoms with E-state index in [2.05, 4.69) is 25.2 Å². The van der Waals surface area contributed by atoms with Gasteiger partial charge in [-0.3, -0.25) is 4.79 Å². The van der Waals surface area contributed by atoms with E-state index in [1.165, 1.54) is 5.56 Å². The molecule has 5 heteroatoms. The molecule has 0 unspecified atom stereocenters. The number of benzene rings is 2. The van der Waals surface area contributed by atoms with Crippen LogP contribution in [-0.2, 0) is 10.3 Å². The smallest absolute Gasteiger partial charge is 0.174 e. The molecule has 142 valence electrons. The molecule has 0 saturated heterocycles. The number of aryl methyl sites for hydroxylation is 1. The number of hydrogen-bond acceptors (Lipinski definition) is 2. The third-order valence-electron chi connectivity index (χ3n) is 5.70. The normalized spacial score (nSPS) is 19.6. The van der Waals surface area contributed by atoms with Gasteiger partial charge in [0, 0.05) is 29.7 Å². The van der Waals surface area contributed by atoms with Gasteiger partial charge in [0.05, 0.1) is 0 Å². The Balaban J connectivity index is 2.00. The van der Waals surface area contributed by atoms with E-state index in [0.29, 0.717) is 23.0 Å². The maximum atomic E-state index is 13.2. The molecular formula is C22H25ClN2OS. The Kier molecular flexibility index (Phi) is 5.87. The van der Waals surface area contributed by atoms with Crippen molar-refractivity contribution in [2.24, 2.45) is 0 Å². The lowest BCUT2D eigenvalue weighted by Gasteiger charge is -2.45. The topological polar surface area (TPSA) is 32.3 Å². The summed E-state index contributed by atoms with van der Waals surface area (Å²) in [4.78, 5) is 15.1. The third-order valence-corrected chi connectivity index (χ3v) is 6.40. The van der Waals surface area contributed by atoms with E-state index < -0.39 is 5.54 Å². The van der Waals surface area contributed by atoms with Gasteiger partial charge in [0.1, 0.15) is 5.54 Å². The van der Waals surface area contributed by atoms with Crippen molar-refractivity contribution in [1.82, 2.24) is 4.90 Å². The van der Waals surface area contributed by atoms with Crippen LogP contribution >= 0.6 is 23.8 Å². The summed E-state index contributed by atoms with van der Waals surface area (Å²) in [5, 5.41) is 4.48. The highest BCUT2D eigenvalue weighted by Gasteiger charge is 2.47. The van der Waals surface area contributed by atoms with Crippen molar-refractivity contribution in [2.45, 2.75) is 45.1 Å². The van der Waals surface area contributed by atoms with Gasteiger partial charge in [-0.15, -0.1) is 0 Å². The second kappa shape index (κ2) is 7.99. The van der Waals surface area contributed by atoms with E-state index in [1.54, 1.807) is 0 Å². The van der Waals surface area contributed by atoms with E-state index in [9.17, 15) is 4.79 Å². The lowest BCUT2D eigenvalue weighted by Crippen LogP contribution is -2.55. The molecule has 0 aromatic heterocycles. The number of rotatable bonds is 3. The van der Waals surface area contributed by atoms with Gasteiger partial charge in [0.25, 0.3) is 0 Å². The molecule has 1 atom stereocenters. The van der Waals surface area contributed by atoms with Gasteiger partial charge < -0.3 is 10.2 Å². The van der Waals surface area contributed by atoms with Crippen molar-refractivity contribution in [2.75, 3.05) is 12.4 Å². The number of anilines is 1. The van der Waals surface area contributed by atoms with Gasteiger partial charge in [-0.25, -0.2) is 0 Å². The Labute approximate surface area is 171 Å². The first-order valence-corrected chi connectivity index (χ1v) is 10.1. The SMILES string of the molecule is Cc1cccc(NC(=S)N(C)[C@@]2(c3ccccc3Cl)CCCCC2=O)c1C. The number of carbonyl (C=O) groups is 1. The third kappa shape index (κ3) is 3.61. The first-order valence-electron chi connectivity index (χ1n) is 9.27. The fourth-order valence-electron chi connectivity index (χ4n) is 3.89. The van der Waals surface area contributed by atoms with Crippen LogP contribution in [0.15, 0.2) is 42.5 Å². The van der Waals surface area contributed by atoms with Crippen LogP contribution in [0.4, 0.5) is 5.69 Å². The van der Waals surface area contributed by atoms with Crippen LogP contribution in [0.25, 0.3) is 0 Å². The van der Waals surface area contributed by atoms with Crippen molar-refractivity contribution in [3.05, 3.63) is 64.2 Å². The number of halogens is 1. The number of nitrogens with zero attached hydrogens (tertiary/aromatic N) is 1. The largest absolute Gasteiger partial charge is 0.335 e. The minimum absolute atomic E-state index is 0.175. The van der Waals surface area contributed by atoms with Crippen molar-refractivity contribution >= 4 is 40.4 Å².